The topological polar surface area (TPSA) is 37.4 Å². The van der Waals surface area contributed by atoms with E-state index in [-0.39, 0.29) is 42.7 Å². The van der Waals surface area contributed by atoms with Crippen LogP contribution >= 0.6 is 13.5 Å². The van der Waals surface area contributed by atoms with Gasteiger partial charge in [0.25, 0.3) is 0 Å². The van der Waals surface area contributed by atoms with E-state index in [1.54, 1.807) is 0 Å². The third kappa shape index (κ3) is 4.74. The van der Waals surface area contributed by atoms with Crippen molar-refractivity contribution in [2.24, 2.45) is 22.2 Å². The van der Waals surface area contributed by atoms with Crippen LogP contribution in [0.15, 0.2) is 0 Å². The third-order valence-corrected chi connectivity index (χ3v) is 4.86. The van der Waals surface area contributed by atoms with Crippen LogP contribution in [0.3, 0.4) is 0 Å². The maximum absolute atomic E-state index is 13.0. The third-order valence-electron chi connectivity index (χ3n) is 4.86. The predicted octanol–water partition coefficient (Wildman–Crippen LogP) is 4.41. The number of amides is 1. The quantitative estimate of drug-likeness (QED) is 0.707. The maximum atomic E-state index is 13.0. The number of hydrogen-bond acceptors (Lipinski definition) is 2. The van der Waals surface area contributed by atoms with Gasteiger partial charge in [-0.05, 0) is 24.7 Å². The summed E-state index contributed by atoms with van der Waals surface area (Å²) in [5.74, 6) is 0.619. The van der Waals surface area contributed by atoms with Crippen LogP contribution in [-0.4, -0.2) is 28.7 Å². The Morgan fingerprint density at radius 2 is 1.30 bits per heavy atom. The van der Waals surface area contributed by atoms with Gasteiger partial charge < -0.3 is 4.90 Å². The molecule has 0 aromatic rings. The summed E-state index contributed by atoms with van der Waals surface area (Å²) in [5.41, 5.74) is -0.798. The Kier molecular flexibility index (Phi) is 6.63. The average molecular weight is 344 g/mol. The second-order valence-corrected chi connectivity index (χ2v) is 10.0. The Morgan fingerprint density at radius 3 is 1.61 bits per heavy atom. The summed E-state index contributed by atoms with van der Waals surface area (Å²) >= 11 is 0. The van der Waals surface area contributed by atoms with Crippen molar-refractivity contribution in [3.05, 3.63) is 0 Å². The van der Waals surface area contributed by atoms with E-state index < -0.39 is 10.8 Å². The van der Waals surface area contributed by atoms with E-state index in [1.807, 2.05) is 46.4 Å². The minimum absolute atomic E-state index is 0. The first kappa shape index (κ1) is 22.5. The molecule has 0 aromatic carbocycles. The molecule has 0 aliphatic carbocycles. The molecule has 1 fully saturated rings. The zero-order valence-corrected chi connectivity index (χ0v) is 17.7. The maximum Gasteiger partial charge on any atom is 0.228 e. The van der Waals surface area contributed by atoms with Gasteiger partial charge in [0.2, 0.25) is 5.91 Å². The molecule has 4 heteroatoms. The molecule has 3 nitrogen and oxygen atoms in total. The van der Waals surface area contributed by atoms with Crippen LogP contribution in [0.2, 0.25) is 0 Å². The SMILES string of the molecule is CC1C(C(C)(C)C)C[C@@H](C(=O)C(C)(C)C)N1C(=O)C(C)(C)C.S. The number of ketones is 1. The fourth-order valence-electron chi connectivity index (χ4n) is 3.55. The molecular formula is C19H37NO2S. The number of nitrogens with zero attached hydrogens (tertiary/aromatic N) is 1. The molecule has 3 atom stereocenters. The highest BCUT2D eigenvalue weighted by Crippen LogP contribution is 2.44. The lowest BCUT2D eigenvalue weighted by molar-refractivity contribution is -0.148. The molecule has 136 valence electrons. The Morgan fingerprint density at radius 1 is 0.870 bits per heavy atom. The fraction of sp³-hybridized carbons (Fsp3) is 0.895. The summed E-state index contributed by atoms with van der Waals surface area (Å²) in [5, 5.41) is 0. The van der Waals surface area contributed by atoms with E-state index in [9.17, 15) is 9.59 Å². The van der Waals surface area contributed by atoms with E-state index in [2.05, 4.69) is 27.7 Å². The van der Waals surface area contributed by atoms with E-state index in [0.717, 1.165) is 6.42 Å². The summed E-state index contributed by atoms with van der Waals surface area (Å²) in [6.07, 6.45) is 0.780. The van der Waals surface area contributed by atoms with Gasteiger partial charge in [-0.25, -0.2) is 0 Å². The number of likely N-dealkylation sites (tertiary alicyclic amines) is 1. The van der Waals surface area contributed by atoms with Gasteiger partial charge in [0.05, 0.1) is 6.04 Å². The Bertz CT molecular complexity index is 451. The normalized spacial score (nSPS) is 26.0. The summed E-state index contributed by atoms with van der Waals surface area (Å²) < 4.78 is 0. The molecule has 0 N–H and O–H groups in total. The summed E-state index contributed by atoms with van der Waals surface area (Å²) in [4.78, 5) is 27.8. The first-order valence-corrected chi connectivity index (χ1v) is 8.45. The summed E-state index contributed by atoms with van der Waals surface area (Å²) in [6, 6.07) is -0.186. The van der Waals surface area contributed by atoms with Crippen molar-refractivity contribution in [2.45, 2.75) is 87.7 Å². The fourth-order valence-corrected chi connectivity index (χ4v) is 3.55. The molecule has 1 saturated heterocycles. The van der Waals surface area contributed by atoms with Gasteiger partial charge in [-0.3, -0.25) is 9.59 Å². The van der Waals surface area contributed by atoms with E-state index in [4.69, 9.17) is 0 Å². The van der Waals surface area contributed by atoms with Gasteiger partial charge in [-0.2, -0.15) is 13.5 Å². The molecule has 1 rings (SSSR count). The standard InChI is InChI=1S/C19H35NO2.H2S/c1-12-13(17(2,3)4)11-14(15(21)18(5,6)7)20(12)16(22)19(8,9)10;/h12-14H,11H2,1-10H3;1H2/t12?,13?,14-;/m0./s1. The molecule has 0 aromatic heterocycles. The number of carbonyl (C=O) groups is 2. The van der Waals surface area contributed by atoms with Crippen LogP contribution < -0.4 is 0 Å². The summed E-state index contributed by atoms with van der Waals surface area (Å²) in [6.45, 7) is 20.4. The van der Waals surface area contributed by atoms with Crippen molar-refractivity contribution in [1.82, 2.24) is 4.90 Å². The zero-order chi connectivity index (χ0) is 17.7. The monoisotopic (exact) mass is 343 g/mol. The molecule has 23 heavy (non-hydrogen) atoms. The lowest BCUT2D eigenvalue weighted by atomic mass is 9.75. The number of rotatable bonds is 1. The highest BCUT2D eigenvalue weighted by atomic mass is 32.1. The second-order valence-electron chi connectivity index (χ2n) is 10.0. The smallest absolute Gasteiger partial charge is 0.228 e. The molecule has 1 aliphatic heterocycles. The van der Waals surface area contributed by atoms with Crippen LogP contribution in [0.1, 0.15) is 75.7 Å². The van der Waals surface area contributed by atoms with Crippen molar-refractivity contribution < 1.29 is 9.59 Å². The van der Waals surface area contributed by atoms with Crippen molar-refractivity contribution in [3.8, 4) is 0 Å². The molecule has 1 aliphatic rings. The first-order chi connectivity index (χ1) is 9.58. The van der Waals surface area contributed by atoms with Crippen LogP contribution in [-0.2, 0) is 9.59 Å². The number of Topliss-reactive ketones (excluding diaryl/α,β-unsaturated/α-hetero) is 1. The van der Waals surface area contributed by atoms with E-state index in [0.29, 0.717) is 5.92 Å². The van der Waals surface area contributed by atoms with E-state index >= 15 is 0 Å². The highest BCUT2D eigenvalue weighted by molar-refractivity contribution is 7.59. The van der Waals surface area contributed by atoms with Gasteiger partial charge in [0.15, 0.2) is 5.78 Å². The minimum atomic E-state index is -0.461. The van der Waals surface area contributed by atoms with Crippen molar-refractivity contribution in [2.75, 3.05) is 0 Å². The molecular weight excluding hydrogens is 306 g/mol. The summed E-state index contributed by atoms with van der Waals surface area (Å²) in [7, 11) is 0. The molecule has 0 saturated carbocycles. The van der Waals surface area contributed by atoms with E-state index in [1.165, 1.54) is 0 Å². The van der Waals surface area contributed by atoms with Gasteiger partial charge in [-0.15, -0.1) is 0 Å². The van der Waals surface area contributed by atoms with Crippen LogP contribution in [0.25, 0.3) is 0 Å². The zero-order valence-electron chi connectivity index (χ0n) is 16.7. The first-order valence-electron chi connectivity index (χ1n) is 8.45. The predicted molar refractivity (Wildman–Crippen MR) is 102 cm³/mol. The second kappa shape index (κ2) is 6.78. The van der Waals surface area contributed by atoms with Gasteiger partial charge in [0.1, 0.15) is 0 Å². The van der Waals surface area contributed by atoms with Gasteiger partial charge >= 0.3 is 0 Å². The van der Waals surface area contributed by atoms with Gasteiger partial charge in [0, 0.05) is 16.9 Å². The number of carbonyl (C=O) groups excluding carboxylic acids is 2. The Labute approximate surface area is 150 Å². The lowest BCUT2D eigenvalue weighted by Gasteiger charge is -2.37. The Balaban J connectivity index is 0.00000484. The van der Waals surface area contributed by atoms with Crippen molar-refractivity contribution in [1.29, 1.82) is 0 Å². The van der Waals surface area contributed by atoms with Crippen molar-refractivity contribution >= 4 is 25.2 Å². The van der Waals surface area contributed by atoms with Crippen LogP contribution in [0.5, 0.6) is 0 Å². The largest absolute Gasteiger partial charge is 0.329 e. The van der Waals surface area contributed by atoms with Crippen LogP contribution in [0, 0.1) is 22.2 Å². The van der Waals surface area contributed by atoms with Crippen LogP contribution in [0.4, 0.5) is 0 Å². The highest BCUT2D eigenvalue weighted by Gasteiger charge is 2.51. The molecule has 1 heterocycles. The van der Waals surface area contributed by atoms with Crippen molar-refractivity contribution in [3.63, 3.8) is 0 Å². The molecule has 0 spiro atoms. The number of hydrogen-bond donors (Lipinski definition) is 0. The average Bonchev–Trinajstić information content (AvgIpc) is 2.61. The Hall–Kier alpha value is -0.510. The minimum Gasteiger partial charge on any atom is -0.329 e. The molecule has 1 amide bonds. The molecule has 2 unspecified atom stereocenters. The molecule has 0 radical (unpaired) electrons. The lowest BCUT2D eigenvalue weighted by Crippen LogP contribution is -2.51. The van der Waals surface area contributed by atoms with Gasteiger partial charge in [-0.1, -0.05) is 62.3 Å². The molecule has 0 bridgehead atoms.